The van der Waals surface area contributed by atoms with Gasteiger partial charge in [0.1, 0.15) is 41.3 Å². The van der Waals surface area contributed by atoms with E-state index in [1.54, 1.807) is 43.2 Å². The molecule has 0 spiro atoms. The summed E-state index contributed by atoms with van der Waals surface area (Å²) >= 11 is 0. The number of fused-ring (bicyclic) bond motifs is 1. The first kappa shape index (κ1) is 32.9. The summed E-state index contributed by atoms with van der Waals surface area (Å²) in [4.78, 5) is 27.4. The van der Waals surface area contributed by atoms with Crippen LogP contribution < -0.4 is 15.4 Å². The maximum Gasteiger partial charge on any atom is 0.247 e. The molecule has 12 heteroatoms. The van der Waals surface area contributed by atoms with Crippen molar-refractivity contribution in [3.8, 4) is 5.75 Å². The minimum absolute atomic E-state index is 0.0697. The van der Waals surface area contributed by atoms with Crippen molar-refractivity contribution in [2.24, 2.45) is 0 Å². The summed E-state index contributed by atoms with van der Waals surface area (Å²) < 4.78 is 17.2. The van der Waals surface area contributed by atoms with E-state index in [9.17, 15) is 30.0 Å². The summed E-state index contributed by atoms with van der Waals surface area (Å²) in [6.07, 6.45) is -3.11. The fourth-order valence-corrected chi connectivity index (χ4v) is 5.83. The van der Waals surface area contributed by atoms with Crippen molar-refractivity contribution in [3.05, 3.63) is 65.4 Å². The van der Waals surface area contributed by atoms with Gasteiger partial charge in [0.25, 0.3) is 0 Å². The Balaban J connectivity index is 1.16. The lowest BCUT2D eigenvalue weighted by atomic mass is 9.99. The predicted molar refractivity (Wildman–Crippen MR) is 164 cm³/mol. The van der Waals surface area contributed by atoms with Crippen LogP contribution in [0.15, 0.2) is 53.1 Å². The topological polar surface area (TPSA) is 174 Å². The van der Waals surface area contributed by atoms with Crippen LogP contribution in [0.2, 0.25) is 0 Å². The van der Waals surface area contributed by atoms with E-state index in [1.807, 2.05) is 24.3 Å². The Bertz CT molecular complexity index is 1450. The molecule has 5 rings (SSSR count). The summed E-state index contributed by atoms with van der Waals surface area (Å²) in [5.74, 6) is 0.146. The fourth-order valence-electron chi connectivity index (χ4n) is 5.83. The number of aliphatic hydroxyl groups is 4. The number of nitrogens with zero attached hydrogens (tertiary/aromatic N) is 1. The van der Waals surface area contributed by atoms with Crippen LogP contribution >= 0.6 is 0 Å². The third-order valence-electron chi connectivity index (χ3n) is 8.47. The molecular weight excluding hydrogens is 582 g/mol. The largest absolute Gasteiger partial charge is 0.464 e. The Kier molecular flexibility index (Phi) is 10.4. The molecule has 6 N–H and O–H groups in total. The average molecular weight is 626 g/mol. The van der Waals surface area contributed by atoms with Gasteiger partial charge >= 0.3 is 0 Å². The van der Waals surface area contributed by atoms with E-state index < -0.39 is 42.9 Å². The number of rotatable bonds is 11. The number of carbonyl (C=O) groups is 2. The van der Waals surface area contributed by atoms with Crippen molar-refractivity contribution in [1.29, 1.82) is 0 Å². The van der Waals surface area contributed by atoms with Crippen LogP contribution in [0, 0.1) is 0 Å². The number of nitrogens with one attached hydrogen (secondary N) is 2. The number of aliphatic hydroxyl groups excluding tert-OH is 4. The zero-order chi connectivity index (χ0) is 32.1. The number of benzene rings is 2. The van der Waals surface area contributed by atoms with Crippen LogP contribution in [0.1, 0.15) is 37.0 Å². The summed E-state index contributed by atoms with van der Waals surface area (Å²) in [6.45, 7) is 5.73. The van der Waals surface area contributed by atoms with Crippen LogP contribution in [0.5, 0.6) is 5.75 Å². The van der Waals surface area contributed by atoms with E-state index in [2.05, 4.69) is 10.6 Å². The monoisotopic (exact) mass is 625 g/mol. The highest BCUT2D eigenvalue weighted by Gasteiger charge is 2.45. The summed E-state index contributed by atoms with van der Waals surface area (Å²) in [6, 6.07) is 13.3. The molecular formula is C33H43N3O9. The number of piperazine rings is 1. The van der Waals surface area contributed by atoms with Gasteiger partial charge in [0.05, 0.1) is 18.3 Å². The molecule has 0 radical (unpaired) electrons. The highest BCUT2D eigenvalue weighted by molar-refractivity contribution is 5.91. The Hall–Kier alpha value is -3.52. The Morgan fingerprint density at radius 1 is 0.978 bits per heavy atom. The zero-order valence-corrected chi connectivity index (χ0v) is 25.6. The van der Waals surface area contributed by atoms with Crippen molar-refractivity contribution >= 4 is 22.8 Å². The third-order valence-corrected chi connectivity index (χ3v) is 8.47. The lowest BCUT2D eigenvalue weighted by Crippen LogP contribution is -2.60. The van der Waals surface area contributed by atoms with Gasteiger partial charge in [0.15, 0.2) is 0 Å². The van der Waals surface area contributed by atoms with Crippen LogP contribution in [-0.2, 0) is 33.6 Å². The number of furan rings is 1. The molecule has 244 valence electrons. The number of aryl methyl sites for hydroxylation is 3. The van der Waals surface area contributed by atoms with Gasteiger partial charge in [-0.2, -0.15) is 0 Å². The molecule has 2 aromatic carbocycles. The number of hydrogen-bond acceptors (Lipinski definition) is 10. The Morgan fingerprint density at radius 2 is 1.67 bits per heavy atom. The zero-order valence-electron chi connectivity index (χ0n) is 25.6. The van der Waals surface area contributed by atoms with Crippen LogP contribution in [0.25, 0.3) is 11.0 Å². The van der Waals surface area contributed by atoms with Crippen LogP contribution in [0.4, 0.5) is 0 Å². The highest BCUT2D eigenvalue weighted by Crippen LogP contribution is 2.34. The van der Waals surface area contributed by atoms with Crippen LogP contribution in [-0.4, -0.2) is 106 Å². The summed E-state index contributed by atoms with van der Waals surface area (Å²) in [5, 5.41) is 47.0. The Labute approximate surface area is 261 Å². The molecule has 5 atom stereocenters. The standard InChI is InChI=1S/C33H43N3O9/c1-33(2,32(42)36-16-14-34-15-17-36)35-26(38)13-11-21-8-6-20(7-9-21)10-12-22-19-43-23-4-3-5-24(27(22)23)44-31-30(41)29(40)28(39)25(18-37)45-31/h3-9,19,25,28-31,34,37,39-41H,10-18H2,1-2H3,(H,35,38)/t25-,28-,29+,30-,31-/m1/s1. The molecule has 0 aliphatic carbocycles. The number of hydrogen-bond donors (Lipinski definition) is 6. The van der Waals surface area contributed by atoms with Crippen molar-refractivity contribution in [3.63, 3.8) is 0 Å². The van der Waals surface area contributed by atoms with E-state index in [0.717, 1.165) is 29.8 Å². The molecule has 12 nitrogen and oxygen atoms in total. The molecule has 2 aliphatic rings. The number of ether oxygens (including phenoxy) is 2. The van der Waals surface area contributed by atoms with E-state index in [4.69, 9.17) is 13.9 Å². The fraction of sp³-hybridized carbons (Fsp3) is 0.515. The van der Waals surface area contributed by atoms with Gasteiger partial charge in [-0.25, -0.2) is 0 Å². The van der Waals surface area contributed by atoms with Crippen LogP contribution in [0.3, 0.4) is 0 Å². The van der Waals surface area contributed by atoms with Crippen molar-refractivity contribution in [2.75, 3.05) is 32.8 Å². The first-order chi connectivity index (χ1) is 21.6. The highest BCUT2D eigenvalue weighted by atomic mass is 16.7. The lowest BCUT2D eigenvalue weighted by Gasteiger charge is -2.39. The maximum atomic E-state index is 12.9. The predicted octanol–water partition coefficient (Wildman–Crippen LogP) is 0.656. The van der Waals surface area contributed by atoms with Crippen molar-refractivity contribution < 1.29 is 43.9 Å². The van der Waals surface area contributed by atoms with Gasteiger partial charge in [-0.05, 0) is 56.4 Å². The SMILES string of the molecule is CC(C)(NC(=O)CCc1ccc(CCc2coc3cccc(O[C@@H]4O[C@H](CO)[C@@H](O)[C@H](O)[C@H]4O)c23)cc1)C(=O)N1CCNCC1. The van der Waals surface area contributed by atoms with Crippen molar-refractivity contribution in [1.82, 2.24) is 15.5 Å². The van der Waals surface area contributed by atoms with E-state index in [0.29, 0.717) is 49.1 Å². The second kappa shape index (κ2) is 14.3. The second-order valence-corrected chi connectivity index (χ2v) is 12.2. The molecule has 2 amide bonds. The minimum atomic E-state index is -1.54. The summed E-state index contributed by atoms with van der Waals surface area (Å²) in [5.41, 5.74) is 2.61. The van der Waals surface area contributed by atoms with Gasteiger partial charge in [0, 0.05) is 38.2 Å². The molecule has 2 saturated heterocycles. The lowest BCUT2D eigenvalue weighted by molar-refractivity contribution is -0.277. The normalized spacial score (nSPS) is 24.0. The molecule has 2 fully saturated rings. The van der Waals surface area contributed by atoms with Gasteiger partial charge in [-0.15, -0.1) is 0 Å². The molecule has 0 unspecified atom stereocenters. The average Bonchev–Trinajstić information content (AvgIpc) is 3.47. The van der Waals surface area contributed by atoms with E-state index >= 15 is 0 Å². The first-order valence-electron chi connectivity index (χ1n) is 15.4. The minimum Gasteiger partial charge on any atom is -0.464 e. The first-order valence-corrected chi connectivity index (χ1v) is 15.4. The number of carbonyl (C=O) groups excluding carboxylic acids is 2. The van der Waals surface area contributed by atoms with Gasteiger partial charge in [0.2, 0.25) is 18.1 Å². The number of amides is 2. The smallest absolute Gasteiger partial charge is 0.247 e. The van der Waals surface area contributed by atoms with Gasteiger partial charge in [-0.1, -0.05) is 30.3 Å². The molecule has 2 aliphatic heterocycles. The molecule has 1 aromatic heterocycles. The summed E-state index contributed by atoms with van der Waals surface area (Å²) in [7, 11) is 0. The van der Waals surface area contributed by atoms with E-state index in [-0.39, 0.29) is 18.2 Å². The molecule has 3 aromatic rings. The second-order valence-electron chi connectivity index (χ2n) is 12.2. The van der Waals surface area contributed by atoms with Crippen molar-refractivity contribution in [2.45, 2.75) is 75.8 Å². The Morgan fingerprint density at radius 3 is 2.36 bits per heavy atom. The maximum absolute atomic E-state index is 12.9. The molecule has 3 heterocycles. The van der Waals surface area contributed by atoms with E-state index in [1.165, 1.54) is 0 Å². The quantitative estimate of drug-likeness (QED) is 0.178. The molecule has 45 heavy (non-hydrogen) atoms. The molecule has 0 bridgehead atoms. The van der Waals surface area contributed by atoms with Gasteiger partial charge < -0.3 is 49.9 Å². The molecule has 0 saturated carbocycles. The third kappa shape index (κ3) is 7.66. The van der Waals surface area contributed by atoms with Gasteiger partial charge in [-0.3, -0.25) is 9.59 Å².